The Morgan fingerprint density at radius 3 is 2.33 bits per heavy atom. The standard InChI is InChI=1S/C14H10BrFN4O4/c15-10-3-1-9(2-4-10)13(8-16)18-17-12-6-5-11(19(21)22)7-14(12)20(23)24/h1-7,17H,8H2/b18-13+. The molecule has 0 bridgehead atoms. The van der Waals surface area contributed by atoms with Gasteiger partial charge in [0.2, 0.25) is 0 Å². The van der Waals surface area contributed by atoms with Crippen LogP contribution in [0.2, 0.25) is 0 Å². The highest BCUT2D eigenvalue weighted by Gasteiger charge is 2.19. The smallest absolute Gasteiger partial charge is 0.271 e. The maximum Gasteiger partial charge on any atom is 0.301 e. The van der Waals surface area contributed by atoms with Crippen molar-refractivity contribution in [1.29, 1.82) is 0 Å². The molecule has 0 aliphatic carbocycles. The van der Waals surface area contributed by atoms with Crippen LogP contribution in [0.15, 0.2) is 52.0 Å². The molecule has 1 N–H and O–H groups in total. The zero-order valence-corrected chi connectivity index (χ0v) is 13.6. The summed E-state index contributed by atoms with van der Waals surface area (Å²) in [7, 11) is 0. The quantitative estimate of drug-likeness (QED) is 0.449. The summed E-state index contributed by atoms with van der Waals surface area (Å²) >= 11 is 3.26. The van der Waals surface area contributed by atoms with Crippen LogP contribution < -0.4 is 5.43 Å². The van der Waals surface area contributed by atoms with E-state index in [9.17, 15) is 24.6 Å². The third-order valence-electron chi connectivity index (χ3n) is 3.00. The summed E-state index contributed by atoms with van der Waals surface area (Å²) in [6.45, 7) is -0.893. The van der Waals surface area contributed by atoms with Crippen LogP contribution in [0.25, 0.3) is 0 Å². The molecule has 0 aromatic heterocycles. The Morgan fingerprint density at radius 1 is 1.12 bits per heavy atom. The Balaban J connectivity index is 2.33. The van der Waals surface area contributed by atoms with Crippen molar-refractivity contribution in [3.05, 3.63) is 72.7 Å². The molecule has 0 spiro atoms. The molecule has 2 aromatic carbocycles. The molecule has 0 heterocycles. The summed E-state index contributed by atoms with van der Waals surface area (Å²) in [4.78, 5) is 20.2. The normalized spacial score (nSPS) is 11.2. The number of nitrogens with one attached hydrogen (secondary N) is 1. The molecule has 8 nitrogen and oxygen atoms in total. The Kier molecular flexibility index (Phi) is 5.53. The van der Waals surface area contributed by atoms with Gasteiger partial charge in [-0.25, -0.2) is 4.39 Å². The van der Waals surface area contributed by atoms with Crippen molar-refractivity contribution in [2.45, 2.75) is 0 Å². The lowest BCUT2D eigenvalue weighted by molar-refractivity contribution is -0.393. The first-order chi connectivity index (χ1) is 11.4. The molecule has 0 aliphatic heterocycles. The summed E-state index contributed by atoms with van der Waals surface area (Å²) in [5.74, 6) is 0. The van der Waals surface area contributed by atoms with Crippen LogP contribution in [0.3, 0.4) is 0 Å². The Morgan fingerprint density at radius 2 is 1.79 bits per heavy atom. The molecular weight excluding hydrogens is 387 g/mol. The Hall–Kier alpha value is -2.88. The summed E-state index contributed by atoms with van der Waals surface area (Å²) in [5, 5.41) is 25.6. The summed E-state index contributed by atoms with van der Waals surface area (Å²) in [5.41, 5.74) is 1.91. The molecule has 0 atom stereocenters. The molecule has 0 radical (unpaired) electrons. The van der Waals surface area contributed by atoms with Gasteiger partial charge in [-0.15, -0.1) is 0 Å². The first kappa shape index (κ1) is 17.5. The predicted octanol–water partition coefficient (Wildman–Crippen LogP) is 4.05. The van der Waals surface area contributed by atoms with E-state index >= 15 is 0 Å². The maximum absolute atomic E-state index is 13.2. The second kappa shape index (κ2) is 7.59. The predicted molar refractivity (Wildman–Crippen MR) is 90.0 cm³/mol. The van der Waals surface area contributed by atoms with E-state index in [0.29, 0.717) is 5.56 Å². The fourth-order valence-electron chi connectivity index (χ4n) is 1.82. The van der Waals surface area contributed by atoms with Crippen LogP contribution in [-0.4, -0.2) is 22.2 Å². The molecule has 10 heteroatoms. The summed E-state index contributed by atoms with van der Waals surface area (Å²) < 4.78 is 14.0. The van der Waals surface area contributed by atoms with Crippen LogP contribution in [-0.2, 0) is 0 Å². The van der Waals surface area contributed by atoms with Crippen LogP contribution >= 0.6 is 15.9 Å². The van der Waals surface area contributed by atoms with Crippen molar-refractivity contribution in [3.63, 3.8) is 0 Å². The lowest BCUT2D eigenvalue weighted by atomic mass is 10.1. The number of rotatable bonds is 6. The van der Waals surface area contributed by atoms with Crippen molar-refractivity contribution in [1.82, 2.24) is 0 Å². The van der Waals surface area contributed by atoms with Gasteiger partial charge < -0.3 is 0 Å². The van der Waals surface area contributed by atoms with E-state index in [0.717, 1.165) is 22.7 Å². The van der Waals surface area contributed by atoms with E-state index in [1.807, 2.05) is 0 Å². The van der Waals surface area contributed by atoms with Gasteiger partial charge >= 0.3 is 5.69 Å². The van der Waals surface area contributed by atoms with Gasteiger partial charge in [0.05, 0.1) is 21.6 Å². The van der Waals surface area contributed by atoms with E-state index in [4.69, 9.17) is 0 Å². The van der Waals surface area contributed by atoms with Crippen LogP contribution in [0, 0.1) is 20.2 Å². The van der Waals surface area contributed by atoms with Crippen molar-refractivity contribution >= 4 is 38.7 Å². The molecule has 0 saturated heterocycles. The lowest BCUT2D eigenvalue weighted by Gasteiger charge is -2.06. The molecule has 2 rings (SSSR count). The van der Waals surface area contributed by atoms with E-state index in [1.54, 1.807) is 24.3 Å². The minimum absolute atomic E-state index is 0.0372. The summed E-state index contributed by atoms with van der Waals surface area (Å²) in [6, 6.07) is 9.73. The molecular formula is C14H10BrFN4O4. The number of benzene rings is 2. The maximum atomic E-state index is 13.2. The second-order valence-electron chi connectivity index (χ2n) is 4.53. The number of nitrogens with zero attached hydrogens (tertiary/aromatic N) is 3. The van der Waals surface area contributed by atoms with E-state index in [2.05, 4.69) is 26.5 Å². The van der Waals surface area contributed by atoms with Gasteiger partial charge in [0.1, 0.15) is 12.4 Å². The Labute approximate surface area is 143 Å². The number of halogens is 2. The molecule has 0 aliphatic rings. The van der Waals surface area contributed by atoms with E-state index in [-0.39, 0.29) is 11.4 Å². The highest BCUT2D eigenvalue weighted by molar-refractivity contribution is 9.10. The number of nitro groups is 2. The first-order valence-electron chi connectivity index (χ1n) is 6.49. The highest BCUT2D eigenvalue weighted by Crippen LogP contribution is 2.29. The molecule has 0 amide bonds. The molecule has 0 unspecified atom stereocenters. The third-order valence-corrected chi connectivity index (χ3v) is 3.53. The number of alkyl halides is 1. The van der Waals surface area contributed by atoms with E-state index in [1.165, 1.54) is 0 Å². The van der Waals surface area contributed by atoms with Gasteiger partial charge in [0, 0.05) is 16.1 Å². The number of hydrogen-bond donors (Lipinski definition) is 1. The third kappa shape index (κ3) is 4.10. The van der Waals surface area contributed by atoms with Gasteiger partial charge in [-0.3, -0.25) is 25.7 Å². The van der Waals surface area contributed by atoms with Crippen molar-refractivity contribution in [3.8, 4) is 0 Å². The number of anilines is 1. The van der Waals surface area contributed by atoms with Gasteiger partial charge in [-0.1, -0.05) is 28.1 Å². The number of hydrogen-bond acceptors (Lipinski definition) is 6. The molecule has 0 fully saturated rings. The highest BCUT2D eigenvalue weighted by atomic mass is 79.9. The number of hydrazone groups is 1. The fourth-order valence-corrected chi connectivity index (χ4v) is 2.09. The monoisotopic (exact) mass is 396 g/mol. The lowest BCUT2D eigenvalue weighted by Crippen LogP contribution is -2.07. The average molecular weight is 397 g/mol. The topological polar surface area (TPSA) is 111 Å². The summed E-state index contributed by atoms with van der Waals surface area (Å²) in [6.07, 6.45) is 0. The van der Waals surface area contributed by atoms with Gasteiger partial charge in [0.15, 0.2) is 0 Å². The van der Waals surface area contributed by atoms with Gasteiger partial charge in [-0.2, -0.15) is 5.10 Å². The van der Waals surface area contributed by atoms with Crippen LogP contribution in [0.4, 0.5) is 21.5 Å². The molecule has 2 aromatic rings. The zero-order chi connectivity index (χ0) is 17.7. The number of nitro benzene ring substituents is 2. The molecule has 124 valence electrons. The van der Waals surface area contributed by atoms with Crippen LogP contribution in [0.1, 0.15) is 5.56 Å². The zero-order valence-electron chi connectivity index (χ0n) is 12.0. The Bertz CT molecular complexity index is 811. The largest absolute Gasteiger partial charge is 0.301 e. The molecule has 24 heavy (non-hydrogen) atoms. The minimum Gasteiger partial charge on any atom is -0.271 e. The van der Waals surface area contributed by atoms with Crippen molar-refractivity contribution in [2.75, 3.05) is 12.1 Å². The van der Waals surface area contributed by atoms with Crippen molar-refractivity contribution in [2.24, 2.45) is 5.10 Å². The second-order valence-corrected chi connectivity index (χ2v) is 5.44. The first-order valence-corrected chi connectivity index (χ1v) is 7.29. The SMILES string of the molecule is O=[N+]([O-])c1ccc(N/N=C(\CF)c2ccc(Br)cc2)c([N+](=O)[O-])c1. The minimum atomic E-state index is -0.893. The number of non-ortho nitro benzene ring substituents is 1. The average Bonchev–Trinajstić information content (AvgIpc) is 2.56. The van der Waals surface area contributed by atoms with Gasteiger partial charge in [-0.05, 0) is 18.2 Å². The van der Waals surface area contributed by atoms with Crippen LogP contribution in [0.5, 0.6) is 0 Å². The van der Waals surface area contributed by atoms with Crippen molar-refractivity contribution < 1.29 is 14.2 Å². The van der Waals surface area contributed by atoms with Gasteiger partial charge in [0.25, 0.3) is 5.69 Å². The molecule has 0 saturated carbocycles. The van der Waals surface area contributed by atoms with E-state index < -0.39 is 27.9 Å². The fraction of sp³-hybridized carbons (Fsp3) is 0.0714.